The Morgan fingerprint density at radius 2 is 2.29 bits per heavy atom. The first kappa shape index (κ1) is 13.6. The Bertz CT molecular complexity index is 448. The number of azide groups is 1. The summed E-state index contributed by atoms with van der Waals surface area (Å²) in [6.07, 6.45) is 0. The van der Waals surface area contributed by atoms with Crippen LogP contribution < -0.4 is 0 Å². The monoisotopic (exact) mass is 270 g/mol. The number of hydrogen-bond donors (Lipinski definition) is 1. The number of hydrogen-bond acceptors (Lipinski definition) is 5. The lowest BCUT2D eigenvalue weighted by atomic mass is 10.2. The van der Waals surface area contributed by atoms with Crippen LogP contribution in [0.25, 0.3) is 10.4 Å². The van der Waals surface area contributed by atoms with Gasteiger partial charge in [-0.15, -0.1) is 9.95 Å². The molecule has 0 aliphatic carbocycles. The van der Waals surface area contributed by atoms with Gasteiger partial charge in [0, 0.05) is 11.0 Å². The summed E-state index contributed by atoms with van der Waals surface area (Å²) < 4.78 is 0.906. The van der Waals surface area contributed by atoms with Gasteiger partial charge in [-0.05, 0) is 22.9 Å². The molecular weight excluding hydrogens is 260 g/mol. The van der Waals surface area contributed by atoms with E-state index in [0.717, 1.165) is 21.1 Å². The Morgan fingerprint density at radius 1 is 1.59 bits per heavy atom. The van der Waals surface area contributed by atoms with Gasteiger partial charge in [0.15, 0.2) is 0 Å². The van der Waals surface area contributed by atoms with Crippen molar-refractivity contribution in [2.75, 3.05) is 5.75 Å². The van der Waals surface area contributed by atoms with Crippen molar-refractivity contribution in [2.45, 2.75) is 6.92 Å². The highest BCUT2D eigenvalue weighted by Crippen LogP contribution is 2.29. The van der Waals surface area contributed by atoms with Crippen LogP contribution in [0.3, 0.4) is 0 Å². The van der Waals surface area contributed by atoms with Crippen molar-refractivity contribution in [1.82, 2.24) is 4.41 Å². The molecule has 1 rings (SSSR count). The lowest BCUT2D eigenvalue weighted by Gasteiger charge is -2.08. The SMILES string of the molecule is CCSSN(N=[N+]=[N-])C(=O)c1ccccc1O. The van der Waals surface area contributed by atoms with Crippen LogP contribution >= 0.6 is 21.8 Å². The first-order valence-corrected chi connectivity index (χ1v) is 6.95. The van der Waals surface area contributed by atoms with E-state index < -0.39 is 5.91 Å². The van der Waals surface area contributed by atoms with Crippen molar-refractivity contribution < 1.29 is 9.90 Å². The van der Waals surface area contributed by atoms with Crippen LogP contribution in [0.2, 0.25) is 0 Å². The molecule has 0 saturated heterocycles. The molecule has 1 amide bonds. The highest BCUT2D eigenvalue weighted by molar-refractivity contribution is 8.75. The molecule has 0 heterocycles. The number of carbonyl (C=O) groups excluding carboxylic acids is 1. The maximum absolute atomic E-state index is 11.9. The van der Waals surface area contributed by atoms with E-state index in [4.69, 9.17) is 5.53 Å². The summed E-state index contributed by atoms with van der Waals surface area (Å²) in [4.78, 5) is 14.5. The maximum Gasteiger partial charge on any atom is 0.360 e. The predicted octanol–water partition coefficient (Wildman–Crippen LogP) is 3.38. The van der Waals surface area contributed by atoms with E-state index in [-0.39, 0.29) is 11.3 Å². The van der Waals surface area contributed by atoms with E-state index in [0.29, 0.717) is 0 Å². The minimum Gasteiger partial charge on any atom is -0.507 e. The van der Waals surface area contributed by atoms with Crippen molar-refractivity contribution in [3.05, 3.63) is 40.3 Å². The number of aromatic hydroxyl groups is 1. The van der Waals surface area contributed by atoms with Crippen molar-refractivity contribution in [1.29, 1.82) is 0 Å². The maximum atomic E-state index is 11.9. The third-order valence-corrected chi connectivity index (χ3v) is 3.84. The Hall–Kier alpha value is -1.50. The molecule has 0 radical (unpaired) electrons. The first-order chi connectivity index (χ1) is 8.20. The fourth-order valence-corrected chi connectivity index (χ4v) is 2.33. The summed E-state index contributed by atoms with van der Waals surface area (Å²) in [6, 6.07) is 6.10. The van der Waals surface area contributed by atoms with Gasteiger partial charge in [0.1, 0.15) is 22.3 Å². The number of rotatable bonds is 5. The van der Waals surface area contributed by atoms with Crippen LogP contribution in [-0.4, -0.2) is 21.2 Å². The first-order valence-electron chi connectivity index (χ1n) is 4.67. The predicted molar refractivity (Wildman–Crippen MR) is 69.1 cm³/mol. The van der Waals surface area contributed by atoms with E-state index in [1.165, 1.54) is 22.9 Å². The quantitative estimate of drug-likeness (QED) is 0.222. The van der Waals surface area contributed by atoms with Gasteiger partial charge < -0.3 is 5.11 Å². The van der Waals surface area contributed by atoms with Gasteiger partial charge in [0.05, 0.1) is 0 Å². The van der Waals surface area contributed by atoms with E-state index >= 15 is 0 Å². The zero-order valence-electron chi connectivity index (χ0n) is 8.98. The Balaban J connectivity index is 2.91. The van der Waals surface area contributed by atoms with E-state index in [9.17, 15) is 9.90 Å². The average molecular weight is 270 g/mol. The third-order valence-electron chi connectivity index (χ3n) is 1.67. The zero-order chi connectivity index (χ0) is 12.7. The second-order valence-corrected chi connectivity index (χ2v) is 5.22. The molecule has 0 spiro atoms. The number of carbonyl (C=O) groups is 1. The van der Waals surface area contributed by atoms with Gasteiger partial charge in [0.2, 0.25) is 0 Å². The summed E-state index contributed by atoms with van der Waals surface area (Å²) in [5.74, 6) is 0.0699. The molecule has 0 aromatic heterocycles. The van der Waals surface area contributed by atoms with Gasteiger partial charge >= 0.3 is 5.91 Å². The topological polar surface area (TPSA) is 89.3 Å². The second kappa shape index (κ2) is 6.95. The molecule has 1 N–H and O–H groups in total. The second-order valence-electron chi connectivity index (χ2n) is 2.76. The van der Waals surface area contributed by atoms with Crippen molar-refractivity contribution in [3.8, 4) is 5.75 Å². The molecule has 0 atom stereocenters. The molecule has 0 unspecified atom stereocenters. The molecule has 1 aromatic rings. The zero-order valence-corrected chi connectivity index (χ0v) is 10.6. The number of phenolic OH excluding ortho intramolecular Hbond substituents is 1. The lowest BCUT2D eigenvalue weighted by Crippen LogP contribution is -2.17. The minimum atomic E-state index is -0.549. The molecule has 0 saturated carbocycles. The van der Waals surface area contributed by atoms with Crippen molar-refractivity contribution >= 4 is 27.7 Å². The summed E-state index contributed by atoms with van der Waals surface area (Å²) in [5, 5.41) is 12.8. The fraction of sp³-hybridized carbons (Fsp3) is 0.222. The number of benzene rings is 1. The van der Waals surface area contributed by atoms with Crippen LogP contribution in [0.1, 0.15) is 17.3 Å². The average Bonchev–Trinajstić information content (AvgIpc) is 2.34. The molecule has 0 aliphatic rings. The molecule has 90 valence electrons. The van der Waals surface area contributed by atoms with Gasteiger partial charge in [-0.2, -0.15) is 4.91 Å². The van der Waals surface area contributed by atoms with Crippen LogP contribution in [0.4, 0.5) is 0 Å². The Kier molecular flexibility index (Phi) is 5.55. The van der Waals surface area contributed by atoms with Gasteiger partial charge in [-0.1, -0.05) is 19.1 Å². The van der Waals surface area contributed by atoms with Crippen LogP contribution in [0, 0.1) is 0 Å². The fourth-order valence-electron chi connectivity index (χ4n) is 0.986. The van der Waals surface area contributed by atoms with E-state index in [2.05, 4.69) is 10.1 Å². The molecule has 8 heteroatoms. The lowest BCUT2D eigenvalue weighted by molar-refractivity contribution is 0.0871. The number of nitrogens with zero attached hydrogens (tertiary/aromatic N) is 4. The number of amides is 1. The normalized spacial score (nSPS) is 9.47. The molecule has 0 bridgehead atoms. The number of para-hydroxylation sites is 1. The Morgan fingerprint density at radius 3 is 2.88 bits per heavy atom. The van der Waals surface area contributed by atoms with Crippen molar-refractivity contribution in [3.63, 3.8) is 0 Å². The highest BCUT2D eigenvalue weighted by atomic mass is 33.1. The molecule has 6 nitrogen and oxygen atoms in total. The standard InChI is InChI=1S/C9H10N4O2S2/c1-2-16-17-13(12-11-10)9(15)7-5-3-4-6-8(7)14/h3-6,14H,2H2,1H3. The van der Waals surface area contributed by atoms with Gasteiger partial charge in [-0.25, -0.2) is 4.79 Å². The smallest absolute Gasteiger partial charge is 0.360 e. The van der Waals surface area contributed by atoms with Gasteiger partial charge in [0.25, 0.3) is 0 Å². The van der Waals surface area contributed by atoms with Crippen LogP contribution in [0.15, 0.2) is 29.5 Å². The van der Waals surface area contributed by atoms with E-state index in [1.54, 1.807) is 12.1 Å². The summed E-state index contributed by atoms with van der Waals surface area (Å²) in [6.45, 7) is 1.91. The van der Waals surface area contributed by atoms with Crippen molar-refractivity contribution in [2.24, 2.45) is 5.22 Å². The molecule has 0 fully saturated rings. The van der Waals surface area contributed by atoms with E-state index in [1.807, 2.05) is 6.92 Å². The van der Waals surface area contributed by atoms with Crippen LogP contribution in [0.5, 0.6) is 5.75 Å². The summed E-state index contributed by atoms with van der Waals surface area (Å²) in [5.41, 5.74) is 8.48. The largest absolute Gasteiger partial charge is 0.507 e. The summed E-state index contributed by atoms with van der Waals surface area (Å²) in [7, 11) is 2.39. The van der Waals surface area contributed by atoms with Gasteiger partial charge in [-0.3, -0.25) is 0 Å². The molecule has 1 aromatic carbocycles. The van der Waals surface area contributed by atoms with Crippen LogP contribution in [-0.2, 0) is 0 Å². The molecule has 0 aliphatic heterocycles. The molecular formula is C9H10N4O2S2. The highest BCUT2D eigenvalue weighted by Gasteiger charge is 2.23. The third kappa shape index (κ3) is 3.77. The Labute approximate surface area is 106 Å². The number of phenols is 1. The minimum absolute atomic E-state index is 0.101. The summed E-state index contributed by atoms with van der Waals surface area (Å²) >= 11 is 0. The molecule has 17 heavy (non-hydrogen) atoms.